The Labute approximate surface area is 178 Å². The molecular formula is C23H19N5O3. The Morgan fingerprint density at radius 1 is 1.03 bits per heavy atom. The number of anilines is 1. The first-order valence-electron chi connectivity index (χ1n) is 9.62. The number of benzene rings is 3. The van der Waals surface area contributed by atoms with Crippen molar-refractivity contribution < 1.29 is 9.72 Å². The molecule has 0 aliphatic rings. The molecular weight excluding hydrogens is 394 g/mol. The Morgan fingerprint density at radius 3 is 2.42 bits per heavy atom. The summed E-state index contributed by atoms with van der Waals surface area (Å²) < 4.78 is 1.65. The van der Waals surface area contributed by atoms with Crippen LogP contribution in [-0.4, -0.2) is 25.5 Å². The van der Waals surface area contributed by atoms with Gasteiger partial charge in [-0.25, -0.2) is 9.67 Å². The van der Waals surface area contributed by atoms with Crippen LogP contribution in [-0.2, 0) is 0 Å². The van der Waals surface area contributed by atoms with Gasteiger partial charge >= 0.3 is 0 Å². The highest BCUT2D eigenvalue weighted by atomic mass is 16.6. The van der Waals surface area contributed by atoms with Gasteiger partial charge in [-0.15, -0.1) is 0 Å². The van der Waals surface area contributed by atoms with Gasteiger partial charge in [0.1, 0.15) is 18.3 Å². The predicted molar refractivity (Wildman–Crippen MR) is 116 cm³/mol. The lowest BCUT2D eigenvalue weighted by molar-refractivity contribution is -0.384. The molecule has 4 aromatic rings. The Kier molecular flexibility index (Phi) is 5.53. The minimum absolute atomic E-state index is 0.145. The van der Waals surface area contributed by atoms with Crippen molar-refractivity contribution in [2.45, 2.75) is 13.0 Å². The second-order valence-corrected chi connectivity index (χ2v) is 6.98. The molecule has 154 valence electrons. The number of carbonyl (C=O) groups excluding carboxylic acids is 1. The highest BCUT2D eigenvalue weighted by Crippen LogP contribution is 2.30. The molecule has 0 fully saturated rings. The molecule has 1 aromatic heterocycles. The van der Waals surface area contributed by atoms with E-state index in [0.29, 0.717) is 11.3 Å². The van der Waals surface area contributed by atoms with Crippen LogP contribution in [0.25, 0.3) is 5.69 Å². The topological polar surface area (TPSA) is 103 Å². The van der Waals surface area contributed by atoms with Gasteiger partial charge in [-0.1, -0.05) is 42.5 Å². The third-order valence-corrected chi connectivity index (χ3v) is 4.94. The molecule has 1 heterocycles. The second-order valence-electron chi connectivity index (χ2n) is 6.98. The minimum atomic E-state index is -0.482. The first kappa shape index (κ1) is 20.0. The normalized spacial score (nSPS) is 11.6. The average molecular weight is 413 g/mol. The molecule has 0 aliphatic carbocycles. The summed E-state index contributed by atoms with van der Waals surface area (Å²) in [6.07, 6.45) is 3.07. The van der Waals surface area contributed by atoms with E-state index in [9.17, 15) is 14.9 Å². The van der Waals surface area contributed by atoms with Crippen molar-refractivity contribution in [3.05, 3.63) is 112 Å². The Morgan fingerprint density at radius 2 is 1.77 bits per heavy atom. The maximum absolute atomic E-state index is 12.7. The van der Waals surface area contributed by atoms with Crippen molar-refractivity contribution in [1.82, 2.24) is 14.8 Å². The number of rotatable bonds is 7. The molecule has 1 unspecified atom stereocenters. The number of hydrogen-bond acceptors (Lipinski definition) is 6. The van der Waals surface area contributed by atoms with Gasteiger partial charge in [0.05, 0.1) is 10.6 Å². The summed E-state index contributed by atoms with van der Waals surface area (Å²) in [5.41, 5.74) is 2.77. The monoisotopic (exact) mass is 413 g/mol. The van der Waals surface area contributed by atoms with Crippen LogP contribution in [0.2, 0.25) is 0 Å². The number of aromatic nitrogens is 3. The van der Waals surface area contributed by atoms with Crippen molar-refractivity contribution in [3.63, 3.8) is 0 Å². The van der Waals surface area contributed by atoms with Crippen LogP contribution in [0, 0.1) is 10.1 Å². The molecule has 0 radical (unpaired) electrons. The molecule has 1 atom stereocenters. The molecule has 0 aliphatic heterocycles. The summed E-state index contributed by atoms with van der Waals surface area (Å²) in [7, 11) is 0. The summed E-state index contributed by atoms with van der Waals surface area (Å²) in [6, 6.07) is 20.7. The van der Waals surface area contributed by atoms with Gasteiger partial charge in [-0.05, 0) is 36.8 Å². The molecule has 3 aromatic carbocycles. The summed E-state index contributed by atoms with van der Waals surface area (Å²) in [5.74, 6) is -0.257. The van der Waals surface area contributed by atoms with E-state index in [1.807, 2.05) is 37.3 Å². The predicted octanol–water partition coefficient (Wildman–Crippen LogP) is 4.58. The zero-order valence-corrected chi connectivity index (χ0v) is 16.7. The Balaban J connectivity index is 1.56. The maximum Gasteiger partial charge on any atom is 0.293 e. The number of nitro benzene ring substituents is 1. The molecule has 1 N–H and O–H groups in total. The van der Waals surface area contributed by atoms with Gasteiger partial charge in [-0.3, -0.25) is 14.9 Å². The number of ketones is 1. The number of nitrogens with one attached hydrogen (secondary N) is 1. The zero-order chi connectivity index (χ0) is 21.8. The van der Waals surface area contributed by atoms with E-state index in [0.717, 1.165) is 11.3 Å². The van der Waals surface area contributed by atoms with E-state index < -0.39 is 4.92 Å². The molecule has 8 nitrogen and oxygen atoms in total. The van der Waals surface area contributed by atoms with Crippen LogP contribution >= 0.6 is 0 Å². The smallest absolute Gasteiger partial charge is 0.293 e. The van der Waals surface area contributed by atoms with Crippen LogP contribution in [0.1, 0.15) is 34.5 Å². The summed E-state index contributed by atoms with van der Waals surface area (Å²) in [4.78, 5) is 27.8. The molecule has 8 heteroatoms. The van der Waals surface area contributed by atoms with Gasteiger partial charge in [0, 0.05) is 23.2 Å². The lowest BCUT2D eigenvalue weighted by Crippen LogP contribution is -2.10. The lowest BCUT2D eigenvalue weighted by Gasteiger charge is -2.16. The van der Waals surface area contributed by atoms with Crippen molar-refractivity contribution in [3.8, 4) is 5.69 Å². The van der Waals surface area contributed by atoms with Crippen LogP contribution in [0.4, 0.5) is 11.4 Å². The zero-order valence-electron chi connectivity index (χ0n) is 16.7. The van der Waals surface area contributed by atoms with Crippen LogP contribution in [0.5, 0.6) is 0 Å². The van der Waals surface area contributed by atoms with E-state index in [1.54, 1.807) is 47.4 Å². The maximum atomic E-state index is 12.7. The van der Waals surface area contributed by atoms with Crippen LogP contribution in [0.15, 0.2) is 85.5 Å². The first-order chi connectivity index (χ1) is 15.0. The van der Waals surface area contributed by atoms with E-state index in [-0.39, 0.29) is 23.1 Å². The number of carbonyl (C=O) groups is 1. The largest absolute Gasteiger partial charge is 0.373 e. The van der Waals surface area contributed by atoms with Crippen LogP contribution in [0.3, 0.4) is 0 Å². The molecule has 0 saturated carbocycles. The van der Waals surface area contributed by atoms with Crippen LogP contribution < -0.4 is 5.32 Å². The summed E-state index contributed by atoms with van der Waals surface area (Å²) >= 11 is 0. The molecule has 4 rings (SSSR count). The van der Waals surface area contributed by atoms with Gasteiger partial charge in [-0.2, -0.15) is 5.10 Å². The van der Waals surface area contributed by atoms with Crippen molar-refractivity contribution in [1.29, 1.82) is 0 Å². The van der Waals surface area contributed by atoms with E-state index in [4.69, 9.17) is 0 Å². The SMILES string of the molecule is CC(Nc1ccc(C(=O)c2ccccc2)cc1[N+](=O)[O-])c1ccc(-n2cncn2)cc1. The Bertz CT molecular complexity index is 1210. The summed E-state index contributed by atoms with van der Waals surface area (Å²) in [6.45, 7) is 1.91. The van der Waals surface area contributed by atoms with Crippen molar-refractivity contribution in [2.24, 2.45) is 0 Å². The second kappa shape index (κ2) is 8.58. The fourth-order valence-corrected chi connectivity index (χ4v) is 3.28. The summed E-state index contributed by atoms with van der Waals surface area (Å²) in [5, 5.41) is 18.9. The van der Waals surface area contributed by atoms with E-state index >= 15 is 0 Å². The van der Waals surface area contributed by atoms with Gasteiger partial charge in [0.15, 0.2) is 5.78 Å². The molecule has 0 saturated heterocycles. The van der Waals surface area contributed by atoms with Crippen molar-refractivity contribution >= 4 is 17.2 Å². The Hall–Kier alpha value is -4.33. The number of hydrogen-bond donors (Lipinski definition) is 1. The molecule has 0 amide bonds. The quantitative estimate of drug-likeness (QED) is 0.270. The number of nitrogens with zero attached hydrogens (tertiary/aromatic N) is 4. The molecule has 31 heavy (non-hydrogen) atoms. The minimum Gasteiger partial charge on any atom is -0.373 e. The number of nitro groups is 1. The van der Waals surface area contributed by atoms with E-state index in [1.165, 1.54) is 12.4 Å². The van der Waals surface area contributed by atoms with Gasteiger partial charge < -0.3 is 5.32 Å². The fraction of sp³-hybridized carbons (Fsp3) is 0.0870. The molecule has 0 spiro atoms. The van der Waals surface area contributed by atoms with E-state index in [2.05, 4.69) is 15.4 Å². The van der Waals surface area contributed by atoms with Gasteiger partial charge in [0.2, 0.25) is 0 Å². The third kappa shape index (κ3) is 4.32. The highest BCUT2D eigenvalue weighted by molar-refractivity contribution is 6.09. The first-order valence-corrected chi connectivity index (χ1v) is 9.62. The lowest BCUT2D eigenvalue weighted by atomic mass is 10.0. The highest BCUT2D eigenvalue weighted by Gasteiger charge is 2.20. The average Bonchev–Trinajstić information content (AvgIpc) is 3.34. The standard InChI is InChI=1S/C23H19N5O3/c1-16(17-7-10-20(11-8-17)27-15-24-14-25-27)26-21-12-9-19(13-22(21)28(30)31)23(29)18-5-3-2-4-6-18/h2-16,26H,1H3. The third-order valence-electron chi connectivity index (χ3n) is 4.94. The molecule has 0 bridgehead atoms. The van der Waals surface area contributed by atoms with Crippen molar-refractivity contribution in [2.75, 3.05) is 5.32 Å². The fourth-order valence-electron chi connectivity index (χ4n) is 3.28. The van der Waals surface area contributed by atoms with Gasteiger partial charge in [0.25, 0.3) is 5.69 Å².